The largest absolute Gasteiger partial charge is 0.490 e. The lowest BCUT2D eigenvalue weighted by Gasteiger charge is -2.26. The summed E-state index contributed by atoms with van der Waals surface area (Å²) in [5.41, 5.74) is 1.51. The molecule has 44 heavy (non-hydrogen) atoms. The molecule has 0 bridgehead atoms. The molecular weight excluding hydrogens is 610 g/mol. The summed E-state index contributed by atoms with van der Waals surface area (Å²) in [6.07, 6.45) is 1.30. The number of carbonyl (C=O) groups is 3. The van der Waals surface area contributed by atoms with Crippen LogP contribution in [0.3, 0.4) is 0 Å². The molecule has 1 heterocycles. The topological polar surface area (TPSA) is 94.2 Å². The number of barbiturate groups is 1. The molecule has 1 fully saturated rings. The molecule has 224 valence electrons. The van der Waals surface area contributed by atoms with Gasteiger partial charge in [0.2, 0.25) is 0 Å². The van der Waals surface area contributed by atoms with Crippen molar-refractivity contribution in [3.05, 3.63) is 123 Å². The fourth-order valence-electron chi connectivity index (χ4n) is 4.34. The van der Waals surface area contributed by atoms with E-state index in [1.807, 2.05) is 12.1 Å². The molecule has 1 aliphatic heterocycles. The van der Waals surface area contributed by atoms with Crippen molar-refractivity contribution in [2.75, 3.05) is 11.5 Å². The van der Waals surface area contributed by atoms with Crippen molar-refractivity contribution < 1.29 is 33.0 Å². The van der Waals surface area contributed by atoms with E-state index in [1.54, 1.807) is 49.4 Å². The van der Waals surface area contributed by atoms with Gasteiger partial charge >= 0.3 is 6.03 Å². The van der Waals surface area contributed by atoms with Crippen LogP contribution < -0.4 is 24.4 Å². The predicted molar refractivity (Wildman–Crippen MR) is 165 cm³/mol. The Balaban J connectivity index is 1.36. The van der Waals surface area contributed by atoms with Crippen LogP contribution in [0.1, 0.15) is 23.6 Å². The summed E-state index contributed by atoms with van der Waals surface area (Å²) < 4.78 is 31.4. The van der Waals surface area contributed by atoms with Crippen LogP contribution >= 0.6 is 23.2 Å². The van der Waals surface area contributed by atoms with Crippen LogP contribution in [0.5, 0.6) is 17.2 Å². The third kappa shape index (κ3) is 7.02. The van der Waals surface area contributed by atoms with Gasteiger partial charge < -0.3 is 14.2 Å². The number of imide groups is 2. The summed E-state index contributed by atoms with van der Waals surface area (Å²) in [4.78, 5) is 39.7. The van der Waals surface area contributed by atoms with E-state index < -0.39 is 23.7 Å². The maximum Gasteiger partial charge on any atom is 0.335 e. The van der Waals surface area contributed by atoms with Gasteiger partial charge in [-0.25, -0.2) is 14.1 Å². The van der Waals surface area contributed by atoms with Gasteiger partial charge in [0.25, 0.3) is 11.8 Å². The maximum absolute atomic E-state index is 14.1. The Labute approximate surface area is 262 Å². The van der Waals surface area contributed by atoms with E-state index in [0.29, 0.717) is 28.5 Å². The molecule has 1 saturated heterocycles. The molecule has 1 aliphatic rings. The molecule has 0 saturated carbocycles. The molecule has 1 N–H and O–H groups in total. The average Bonchev–Trinajstić information content (AvgIpc) is 3.00. The zero-order valence-corrected chi connectivity index (χ0v) is 24.8. The highest BCUT2D eigenvalue weighted by Gasteiger charge is 2.37. The van der Waals surface area contributed by atoms with E-state index in [9.17, 15) is 18.8 Å². The Kier molecular flexibility index (Phi) is 9.47. The van der Waals surface area contributed by atoms with E-state index in [0.717, 1.165) is 10.5 Å². The van der Waals surface area contributed by atoms with Crippen molar-refractivity contribution in [2.24, 2.45) is 0 Å². The van der Waals surface area contributed by atoms with Gasteiger partial charge in [-0.05, 0) is 78.7 Å². The smallest absolute Gasteiger partial charge is 0.335 e. The second-order valence-corrected chi connectivity index (χ2v) is 10.4. The minimum absolute atomic E-state index is 0.101. The molecule has 0 aromatic heterocycles. The van der Waals surface area contributed by atoms with Gasteiger partial charge in [-0.1, -0.05) is 53.5 Å². The van der Waals surface area contributed by atoms with Gasteiger partial charge in [0, 0.05) is 10.6 Å². The highest BCUT2D eigenvalue weighted by atomic mass is 35.5. The second kappa shape index (κ2) is 13.6. The van der Waals surface area contributed by atoms with Gasteiger partial charge in [0.15, 0.2) is 11.5 Å². The van der Waals surface area contributed by atoms with Gasteiger partial charge in [-0.2, -0.15) is 0 Å². The Morgan fingerprint density at radius 3 is 2.30 bits per heavy atom. The van der Waals surface area contributed by atoms with Crippen LogP contribution in [-0.2, 0) is 22.8 Å². The number of rotatable bonds is 10. The van der Waals surface area contributed by atoms with E-state index in [-0.39, 0.29) is 41.0 Å². The molecule has 0 spiro atoms. The zero-order valence-electron chi connectivity index (χ0n) is 23.3. The molecule has 11 heteroatoms. The molecule has 0 unspecified atom stereocenters. The number of halogens is 3. The van der Waals surface area contributed by atoms with Crippen LogP contribution in [0, 0.1) is 5.82 Å². The third-order valence-electron chi connectivity index (χ3n) is 6.49. The first-order valence-corrected chi connectivity index (χ1v) is 14.2. The summed E-state index contributed by atoms with van der Waals surface area (Å²) >= 11 is 12.4. The Bertz CT molecular complexity index is 1740. The average molecular weight is 635 g/mol. The van der Waals surface area contributed by atoms with Crippen molar-refractivity contribution in [2.45, 2.75) is 20.1 Å². The fraction of sp³-hybridized carbons (Fsp3) is 0.121. The number of urea groups is 1. The van der Waals surface area contributed by atoms with Gasteiger partial charge in [0.1, 0.15) is 30.4 Å². The number of nitrogens with one attached hydrogen (secondary N) is 1. The quantitative estimate of drug-likeness (QED) is 0.145. The van der Waals surface area contributed by atoms with Gasteiger partial charge in [0.05, 0.1) is 17.3 Å². The van der Waals surface area contributed by atoms with Gasteiger partial charge in [-0.3, -0.25) is 14.9 Å². The first-order chi connectivity index (χ1) is 21.2. The number of hydrogen-bond acceptors (Lipinski definition) is 6. The number of nitrogens with zero attached hydrogens (tertiary/aromatic N) is 1. The molecule has 4 amide bonds. The molecule has 0 atom stereocenters. The highest BCUT2D eigenvalue weighted by molar-refractivity contribution is 6.39. The number of ether oxygens (including phenoxy) is 3. The highest BCUT2D eigenvalue weighted by Crippen LogP contribution is 2.38. The van der Waals surface area contributed by atoms with E-state index in [1.165, 1.54) is 36.4 Å². The molecule has 0 radical (unpaired) electrons. The van der Waals surface area contributed by atoms with Crippen LogP contribution in [-0.4, -0.2) is 24.5 Å². The maximum atomic E-state index is 14.1. The lowest BCUT2D eigenvalue weighted by Crippen LogP contribution is -2.54. The lowest BCUT2D eigenvalue weighted by molar-refractivity contribution is -0.122. The second-order valence-electron chi connectivity index (χ2n) is 9.51. The zero-order chi connectivity index (χ0) is 31.2. The number of carbonyl (C=O) groups excluding carboxylic acids is 3. The summed E-state index contributed by atoms with van der Waals surface area (Å²) in [6, 6.07) is 21.8. The SMILES string of the molecule is CCOc1cc(/C=C2\C(=O)NC(=O)N(c3ccc(OCc4ccc(Cl)cc4)cc3)C2=O)cc(Cl)c1OCc1ccccc1F. The normalized spacial score (nSPS) is 14.0. The van der Waals surface area contributed by atoms with E-state index >= 15 is 0 Å². The Hall–Kier alpha value is -4.86. The molecule has 5 rings (SSSR count). The molecule has 0 aliphatic carbocycles. The number of benzene rings is 4. The lowest BCUT2D eigenvalue weighted by atomic mass is 10.1. The number of anilines is 1. The van der Waals surface area contributed by atoms with Crippen LogP contribution in [0.25, 0.3) is 6.08 Å². The Morgan fingerprint density at radius 1 is 0.864 bits per heavy atom. The first-order valence-electron chi connectivity index (χ1n) is 13.4. The summed E-state index contributed by atoms with van der Waals surface area (Å²) in [6.45, 7) is 2.21. The number of amides is 4. The van der Waals surface area contributed by atoms with Crippen molar-refractivity contribution in [3.63, 3.8) is 0 Å². The predicted octanol–water partition coefficient (Wildman–Crippen LogP) is 7.36. The van der Waals surface area contributed by atoms with Crippen molar-refractivity contribution in [1.29, 1.82) is 0 Å². The van der Waals surface area contributed by atoms with Crippen LogP contribution in [0.2, 0.25) is 10.0 Å². The minimum atomic E-state index is -0.892. The summed E-state index contributed by atoms with van der Waals surface area (Å²) in [5.74, 6) is -1.21. The molecule has 4 aromatic rings. The van der Waals surface area contributed by atoms with Crippen LogP contribution in [0.4, 0.5) is 14.9 Å². The summed E-state index contributed by atoms with van der Waals surface area (Å²) in [5, 5.41) is 2.93. The van der Waals surface area contributed by atoms with Crippen LogP contribution in [0.15, 0.2) is 90.5 Å². The minimum Gasteiger partial charge on any atom is -0.490 e. The fourth-order valence-corrected chi connectivity index (χ4v) is 4.74. The molecule has 8 nitrogen and oxygen atoms in total. The summed E-state index contributed by atoms with van der Waals surface area (Å²) in [7, 11) is 0. The Morgan fingerprint density at radius 2 is 1.59 bits per heavy atom. The first kappa shape index (κ1) is 30.6. The van der Waals surface area contributed by atoms with E-state index in [4.69, 9.17) is 37.4 Å². The molecular formula is C33H25Cl2FN2O6. The standard InChI is InChI=1S/C33H25Cl2FN2O6/c1-2-42-29-17-21(16-27(35)30(29)44-19-22-5-3-4-6-28(22)36)15-26-31(39)37-33(41)38(32(26)40)24-11-13-25(14-12-24)43-18-20-7-9-23(34)10-8-20/h3-17H,2,18-19H2,1H3,(H,37,39,41)/b26-15+. The third-order valence-corrected chi connectivity index (χ3v) is 7.02. The monoisotopic (exact) mass is 634 g/mol. The van der Waals surface area contributed by atoms with Gasteiger partial charge in [-0.15, -0.1) is 0 Å². The van der Waals surface area contributed by atoms with Crippen molar-refractivity contribution in [3.8, 4) is 17.2 Å². The molecule has 4 aromatic carbocycles. The van der Waals surface area contributed by atoms with E-state index in [2.05, 4.69) is 5.32 Å². The van der Waals surface area contributed by atoms with Crippen molar-refractivity contribution >= 4 is 52.8 Å². The number of hydrogen-bond donors (Lipinski definition) is 1. The van der Waals surface area contributed by atoms with Crippen molar-refractivity contribution in [1.82, 2.24) is 5.32 Å².